The molecule has 0 spiro atoms. The van der Waals surface area contributed by atoms with Crippen LogP contribution in [0.25, 0.3) is 0 Å². The highest BCUT2D eigenvalue weighted by Gasteiger charge is 2.39. The highest BCUT2D eigenvalue weighted by Crippen LogP contribution is 2.42. The van der Waals surface area contributed by atoms with Crippen LogP contribution in [-0.4, -0.2) is 28.8 Å². The molecule has 1 aromatic heterocycles. The molecule has 0 saturated carbocycles. The lowest BCUT2D eigenvalue weighted by molar-refractivity contribution is 0.00968. The molecule has 0 bridgehead atoms. The summed E-state index contributed by atoms with van der Waals surface area (Å²) in [6.07, 6.45) is 6.20. The van der Waals surface area contributed by atoms with Crippen LogP contribution in [0.3, 0.4) is 0 Å². The van der Waals surface area contributed by atoms with Crippen LogP contribution in [0.1, 0.15) is 74.8 Å². The Labute approximate surface area is 167 Å². The third-order valence-corrected chi connectivity index (χ3v) is 6.70. The van der Waals surface area contributed by atoms with Gasteiger partial charge in [-0.1, -0.05) is 37.3 Å². The predicted molar refractivity (Wildman–Crippen MR) is 111 cm³/mol. The molecule has 3 heterocycles. The molecule has 2 aliphatic rings. The number of Topliss-reactive ketones (excluding diaryl/α,β-unsaturated/α-hetero) is 1. The fraction of sp³-hybridized carbons (Fsp3) is 0.565. The number of carbonyl (C=O) groups excluding carboxylic acids is 1. The van der Waals surface area contributed by atoms with Crippen molar-refractivity contribution in [3.05, 3.63) is 47.7 Å². The van der Waals surface area contributed by atoms with Crippen LogP contribution in [0.4, 0.5) is 5.82 Å². The first-order chi connectivity index (χ1) is 13.4. The number of hydrogen-bond donors (Lipinski definition) is 1. The Balaban J connectivity index is 1.63. The molecule has 1 unspecified atom stereocenters. The van der Waals surface area contributed by atoms with Crippen molar-refractivity contribution in [1.82, 2.24) is 9.78 Å². The lowest BCUT2D eigenvalue weighted by atomic mass is 9.73. The second kappa shape index (κ2) is 7.36. The number of nitrogens with one attached hydrogen (secondary N) is 1. The van der Waals surface area contributed by atoms with E-state index in [0.29, 0.717) is 6.42 Å². The molecule has 4 rings (SSSR count). The molecule has 150 valence electrons. The van der Waals surface area contributed by atoms with Crippen molar-refractivity contribution < 1.29 is 9.53 Å². The van der Waals surface area contributed by atoms with Crippen molar-refractivity contribution >= 4 is 11.6 Å². The number of anilines is 1. The topological polar surface area (TPSA) is 56.2 Å². The number of aromatic nitrogens is 2. The molecule has 5 nitrogen and oxygen atoms in total. The van der Waals surface area contributed by atoms with Gasteiger partial charge in [0.2, 0.25) is 0 Å². The minimum absolute atomic E-state index is 0.0627. The van der Waals surface area contributed by atoms with Crippen LogP contribution in [0, 0.1) is 5.41 Å². The van der Waals surface area contributed by atoms with Crippen molar-refractivity contribution in [1.29, 1.82) is 0 Å². The Hall–Kier alpha value is -2.14. The van der Waals surface area contributed by atoms with E-state index < -0.39 is 0 Å². The average Bonchev–Trinajstić information content (AvgIpc) is 3.14. The van der Waals surface area contributed by atoms with E-state index in [1.807, 2.05) is 10.7 Å². The van der Waals surface area contributed by atoms with Crippen molar-refractivity contribution in [2.75, 3.05) is 18.5 Å². The average molecular weight is 382 g/mol. The fourth-order valence-electron chi connectivity index (χ4n) is 4.73. The monoisotopic (exact) mass is 381 g/mol. The molecule has 1 N–H and O–H groups in total. The van der Waals surface area contributed by atoms with Crippen LogP contribution in [0.2, 0.25) is 0 Å². The number of rotatable bonds is 5. The molecule has 0 amide bonds. The zero-order valence-electron chi connectivity index (χ0n) is 17.2. The van der Waals surface area contributed by atoms with E-state index in [9.17, 15) is 4.79 Å². The summed E-state index contributed by atoms with van der Waals surface area (Å²) < 4.78 is 7.54. The third-order valence-electron chi connectivity index (χ3n) is 6.70. The normalized spacial score (nSPS) is 22.9. The number of nitrogens with zero attached hydrogens (tertiary/aromatic N) is 2. The van der Waals surface area contributed by atoms with Gasteiger partial charge >= 0.3 is 0 Å². The predicted octanol–water partition coefficient (Wildman–Crippen LogP) is 4.95. The third kappa shape index (κ3) is 3.48. The lowest BCUT2D eigenvalue weighted by Gasteiger charge is -2.39. The molecule has 5 heteroatoms. The Morgan fingerprint density at radius 2 is 1.96 bits per heavy atom. The maximum absolute atomic E-state index is 13.3. The van der Waals surface area contributed by atoms with Gasteiger partial charge in [-0.2, -0.15) is 5.10 Å². The van der Waals surface area contributed by atoms with E-state index >= 15 is 0 Å². The molecule has 1 atom stereocenters. The Bertz CT molecular complexity index is 835. The number of carbonyl (C=O) groups is 1. The van der Waals surface area contributed by atoms with Crippen LogP contribution in [-0.2, 0) is 10.3 Å². The van der Waals surface area contributed by atoms with Gasteiger partial charge in [0.25, 0.3) is 0 Å². The summed E-state index contributed by atoms with van der Waals surface area (Å²) in [5, 5.41) is 8.23. The van der Waals surface area contributed by atoms with Crippen molar-refractivity contribution in [2.24, 2.45) is 5.41 Å². The van der Waals surface area contributed by atoms with Gasteiger partial charge in [0.1, 0.15) is 5.82 Å². The van der Waals surface area contributed by atoms with Gasteiger partial charge in [-0.05, 0) is 50.5 Å². The highest BCUT2D eigenvalue weighted by molar-refractivity contribution is 6.01. The maximum atomic E-state index is 13.3. The van der Waals surface area contributed by atoms with Gasteiger partial charge in [0, 0.05) is 19.6 Å². The van der Waals surface area contributed by atoms with E-state index in [1.54, 1.807) is 6.20 Å². The molecule has 0 radical (unpaired) electrons. The van der Waals surface area contributed by atoms with Crippen molar-refractivity contribution in [2.45, 2.75) is 64.5 Å². The first kappa shape index (κ1) is 19.2. The minimum atomic E-state index is -0.152. The zero-order valence-corrected chi connectivity index (χ0v) is 17.2. The molecule has 1 saturated heterocycles. The summed E-state index contributed by atoms with van der Waals surface area (Å²) in [5.41, 5.74) is 1.89. The lowest BCUT2D eigenvalue weighted by Crippen LogP contribution is -2.38. The summed E-state index contributed by atoms with van der Waals surface area (Å²) in [6, 6.07) is 10.6. The van der Waals surface area contributed by atoms with Crippen LogP contribution < -0.4 is 5.32 Å². The molecular formula is C23H31N3O2. The first-order valence-electron chi connectivity index (χ1n) is 10.5. The fourth-order valence-corrected chi connectivity index (χ4v) is 4.73. The van der Waals surface area contributed by atoms with Crippen LogP contribution in [0.5, 0.6) is 0 Å². The molecule has 1 fully saturated rings. The van der Waals surface area contributed by atoms with Gasteiger partial charge in [0.15, 0.2) is 5.78 Å². The van der Waals surface area contributed by atoms with Gasteiger partial charge in [0.05, 0.1) is 23.3 Å². The second-order valence-electron chi connectivity index (χ2n) is 9.01. The van der Waals surface area contributed by atoms with Gasteiger partial charge in [-0.25, -0.2) is 4.68 Å². The summed E-state index contributed by atoms with van der Waals surface area (Å²) in [5.74, 6) is 1.07. The van der Waals surface area contributed by atoms with Crippen molar-refractivity contribution in [3.8, 4) is 0 Å². The van der Waals surface area contributed by atoms with E-state index in [-0.39, 0.29) is 22.8 Å². The molecule has 28 heavy (non-hydrogen) atoms. The Morgan fingerprint density at radius 1 is 1.25 bits per heavy atom. The number of benzene rings is 1. The smallest absolute Gasteiger partial charge is 0.168 e. The van der Waals surface area contributed by atoms with Gasteiger partial charge < -0.3 is 10.1 Å². The van der Waals surface area contributed by atoms with E-state index in [4.69, 9.17) is 4.74 Å². The van der Waals surface area contributed by atoms with Crippen molar-refractivity contribution in [3.63, 3.8) is 0 Å². The Kier molecular flexibility index (Phi) is 5.04. The van der Waals surface area contributed by atoms with Gasteiger partial charge in [-0.15, -0.1) is 0 Å². The molecule has 0 aliphatic carbocycles. The summed E-state index contributed by atoms with van der Waals surface area (Å²) >= 11 is 0. The van der Waals surface area contributed by atoms with E-state index in [0.717, 1.165) is 50.3 Å². The largest absolute Gasteiger partial charge is 0.381 e. The quantitative estimate of drug-likeness (QED) is 0.744. The number of fused-ring (bicyclic) bond motifs is 1. The SMILES string of the molecule is CCC1(CC(=O)c2cnn3c2NC(c2ccccc2)CC3(C)C)CCOCC1. The summed E-state index contributed by atoms with van der Waals surface area (Å²) in [4.78, 5) is 13.3. The molecule has 2 aromatic rings. The summed E-state index contributed by atoms with van der Waals surface area (Å²) in [7, 11) is 0. The molecule has 2 aliphatic heterocycles. The van der Waals surface area contributed by atoms with Crippen LogP contribution in [0.15, 0.2) is 36.5 Å². The molecule has 1 aromatic carbocycles. The Morgan fingerprint density at radius 3 is 2.64 bits per heavy atom. The summed E-state index contributed by atoms with van der Waals surface area (Å²) in [6.45, 7) is 8.10. The van der Waals surface area contributed by atoms with E-state index in [1.165, 1.54) is 5.56 Å². The van der Waals surface area contributed by atoms with E-state index in [2.05, 4.69) is 55.5 Å². The van der Waals surface area contributed by atoms with Gasteiger partial charge in [-0.3, -0.25) is 4.79 Å². The van der Waals surface area contributed by atoms with Crippen LogP contribution >= 0.6 is 0 Å². The number of hydrogen-bond acceptors (Lipinski definition) is 4. The molecular weight excluding hydrogens is 350 g/mol. The maximum Gasteiger partial charge on any atom is 0.168 e. The first-order valence-corrected chi connectivity index (χ1v) is 10.5. The minimum Gasteiger partial charge on any atom is -0.381 e. The number of ether oxygens (including phenoxy) is 1. The highest BCUT2D eigenvalue weighted by atomic mass is 16.5. The number of ketones is 1. The standard InChI is InChI=1S/C23H31N3O2/c1-4-23(10-12-28-13-11-23)15-20(27)18-16-24-26-21(18)25-19(14-22(26,2)3)17-8-6-5-7-9-17/h5-9,16,19,25H,4,10-15H2,1-3H3. The second-order valence-corrected chi connectivity index (χ2v) is 9.01. The zero-order chi connectivity index (χ0) is 19.8.